The molecule has 0 bridgehead atoms. The van der Waals surface area contributed by atoms with E-state index in [4.69, 9.17) is 4.74 Å². The molecule has 9 aliphatic rings. The molecule has 7 saturated carbocycles. The largest absolute Gasteiger partial charge is 0.374 e. The van der Waals surface area contributed by atoms with Gasteiger partial charge in [-0.05, 0) is 123 Å². The lowest BCUT2D eigenvalue weighted by Gasteiger charge is -2.51. The maximum atomic E-state index is 7.57. The van der Waals surface area contributed by atoms with Crippen LogP contribution in [0.1, 0.15) is 161 Å². The lowest BCUT2D eigenvalue weighted by molar-refractivity contribution is -0.103. The number of hydrogen-bond donors (Lipinski definition) is 3. The SMILES string of the molecule is C1CCC(C2NC(C3CCC4CCCCC4C3)NC(C3CCCC4C5CC(C6CCCCC6)C6CCCCC6C5OC34)N2)CC1. The normalized spacial score (nSPS) is 51.5. The highest BCUT2D eigenvalue weighted by atomic mass is 16.5. The Morgan fingerprint density at radius 1 is 0.289 bits per heavy atom. The zero-order valence-corrected chi connectivity index (χ0v) is 28.8. The van der Waals surface area contributed by atoms with Crippen LogP contribution >= 0.6 is 0 Å². The van der Waals surface area contributed by atoms with Crippen LogP contribution in [0.4, 0.5) is 0 Å². The van der Waals surface area contributed by atoms with Crippen LogP contribution < -0.4 is 16.0 Å². The highest BCUT2D eigenvalue weighted by Crippen LogP contribution is 2.59. The molecule has 7 aliphatic carbocycles. The summed E-state index contributed by atoms with van der Waals surface area (Å²) < 4.78 is 7.57. The molecule has 45 heavy (non-hydrogen) atoms. The summed E-state index contributed by atoms with van der Waals surface area (Å²) in [6, 6.07) is 0. The first-order valence-electron chi connectivity index (χ1n) is 21.2. The van der Waals surface area contributed by atoms with Crippen molar-refractivity contribution in [1.82, 2.24) is 16.0 Å². The van der Waals surface area contributed by atoms with Crippen molar-refractivity contribution in [3.8, 4) is 0 Å². The molecule has 14 unspecified atom stereocenters. The minimum Gasteiger partial charge on any atom is -0.374 e. The zero-order valence-electron chi connectivity index (χ0n) is 28.8. The second kappa shape index (κ2) is 13.6. The molecule has 0 aromatic rings. The average Bonchev–Trinajstić information content (AvgIpc) is 3.51. The Balaban J connectivity index is 0.954. The highest BCUT2D eigenvalue weighted by Gasteiger charge is 2.58. The average molecular weight is 620 g/mol. The Hall–Kier alpha value is -0.160. The molecular weight excluding hydrogens is 550 g/mol. The number of ether oxygens (including phenoxy) is 1. The topological polar surface area (TPSA) is 45.3 Å². The van der Waals surface area contributed by atoms with E-state index in [0.717, 1.165) is 59.2 Å². The maximum absolute atomic E-state index is 7.57. The molecular formula is C41H69N3O. The van der Waals surface area contributed by atoms with Gasteiger partial charge in [0.15, 0.2) is 0 Å². The first-order valence-corrected chi connectivity index (χ1v) is 21.2. The van der Waals surface area contributed by atoms with Crippen molar-refractivity contribution in [2.45, 2.75) is 191 Å². The van der Waals surface area contributed by atoms with Crippen LogP contribution in [-0.2, 0) is 4.74 Å². The van der Waals surface area contributed by atoms with Crippen LogP contribution in [0, 0.1) is 65.1 Å². The Kier molecular flexibility index (Phi) is 9.35. The number of nitrogens with one attached hydrogen (secondary N) is 3. The summed E-state index contributed by atoms with van der Waals surface area (Å²) in [6.45, 7) is 0. The minimum atomic E-state index is 0.427. The molecule has 0 amide bonds. The molecule has 2 heterocycles. The first kappa shape index (κ1) is 30.9. The van der Waals surface area contributed by atoms with E-state index in [0.29, 0.717) is 36.6 Å². The van der Waals surface area contributed by atoms with Crippen molar-refractivity contribution in [3.05, 3.63) is 0 Å². The van der Waals surface area contributed by atoms with E-state index in [-0.39, 0.29) is 0 Å². The van der Waals surface area contributed by atoms with Crippen LogP contribution in [0.25, 0.3) is 0 Å². The van der Waals surface area contributed by atoms with Crippen molar-refractivity contribution >= 4 is 0 Å². The van der Waals surface area contributed by atoms with Gasteiger partial charge in [-0.2, -0.15) is 0 Å². The van der Waals surface area contributed by atoms with Gasteiger partial charge >= 0.3 is 0 Å². The lowest BCUT2D eigenvalue weighted by atomic mass is 9.54. The van der Waals surface area contributed by atoms with Crippen molar-refractivity contribution in [1.29, 1.82) is 0 Å². The second-order valence-electron chi connectivity index (χ2n) is 18.6. The third-order valence-corrected chi connectivity index (χ3v) is 16.5. The molecule has 14 atom stereocenters. The summed E-state index contributed by atoms with van der Waals surface area (Å²) in [6.07, 6.45) is 39.4. The third-order valence-electron chi connectivity index (χ3n) is 16.5. The van der Waals surface area contributed by atoms with E-state index in [1.807, 2.05) is 0 Å². The van der Waals surface area contributed by atoms with Crippen LogP contribution in [0.5, 0.6) is 0 Å². The van der Waals surface area contributed by atoms with E-state index >= 15 is 0 Å². The Labute approximate surface area is 276 Å². The predicted molar refractivity (Wildman–Crippen MR) is 183 cm³/mol. The second-order valence-corrected chi connectivity index (χ2v) is 18.6. The molecule has 254 valence electrons. The predicted octanol–water partition coefficient (Wildman–Crippen LogP) is 9.14. The van der Waals surface area contributed by atoms with Gasteiger partial charge in [0.2, 0.25) is 0 Å². The summed E-state index contributed by atoms with van der Waals surface area (Å²) in [7, 11) is 0. The van der Waals surface area contributed by atoms with Crippen LogP contribution in [-0.4, -0.2) is 30.7 Å². The van der Waals surface area contributed by atoms with E-state index in [2.05, 4.69) is 16.0 Å². The summed E-state index contributed by atoms with van der Waals surface area (Å²) in [5.74, 6) is 9.89. The number of rotatable bonds is 4. The van der Waals surface area contributed by atoms with Crippen LogP contribution in [0.3, 0.4) is 0 Å². The summed E-state index contributed by atoms with van der Waals surface area (Å²) in [5, 5.41) is 13.0. The molecule has 4 heteroatoms. The Bertz CT molecular complexity index is 976. The van der Waals surface area contributed by atoms with Gasteiger partial charge in [-0.25, -0.2) is 0 Å². The van der Waals surface area contributed by atoms with Gasteiger partial charge < -0.3 is 4.74 Å². The standard InChI is InChI=1S/C41H69N3O/c1-3-13-27(14-4-1)35-25-36-33-20-11-21-34(37(33)45-38(36)32-19-10-9-18-31(32)35)41-43-39(28-15-5-2-6-16-28)42-40(44-41)30-23-22-26-12-7-8-17-29(26)24-30/h26-44H,1-25H2. The first-order chi connectivity index (χ1) is 22.3. The van der Waals surface area contributed by atoms with Gasteiger partial charge in [-0.15, -0.1) is 0 Å². The number of fused-ring (bicyclic) bond motifs is 6. The smallest absolute Gasteiger partial charge is 0.0666 e. The molecule has 3 N–H and O–H groups in total. The molecule has 0 radical (unpaired) electrons. The molecule has 9 fully saturated rings. The quantitative estimate of drug-likeness (QED) is 0.294. The molecule has 2 saturated heterocycles. The molecule has 0 aromatic heterocycles. The molecule has 4 nitrogen and oxygen atoms in total. The van der Waals surface area contributed by atoms with Gasteiger partial charge in [-0.3, -0.25) is 16.0 Å². The molecule has 2 aliphatic heterocycles. The van der Waals surface area contributed by atoms with E-state index in [1.165, 1.54) is 148 Å². The van der Waals surface area contributed by atoms with Gasteiger partial charge in [0.1, 0.15) is 0 Å². The summed E-state index contributed by atoms with van der Waals surface area (Å²) in [4.78, 5) is 0. The Morgan fingerprint density at radius 2 is 0.800 bits per heavy atom. The van der Waals surface area contributed by atoms with Crippen molar-refractivity contribution in [2.24, 2.45) is 65.1 Å². The van der Waals surface area contributed by atoms with Crippen molar-refractivity contribution in [3.63, 3.8) is 0 Å². The molecule has 9 rings (SSSR count). The van der Waals surface area contributed by atoms with E-state index < -0.39 is 0 Å². The summed E-state index contributed by atoms with van der Waals surface area (Å²) in [5.41, 5.74) is 0. The van der Waals surface area contributed by atoms with Crippen molar-refractivity contribution in [2.75, 3.05) is 0 Å². The monoisotopic (exact) mass is 620 g/mol. The molecule has 0 spiro atoms. The Morgan fingerprint density at radius 3 is 1.60 bits per heavy atom. The van der Waals surface area contributed by atoms with Gasteiger partial charge in [0.25, 0.3) is 0 Å². The zero-order chi connectivity index (χ0) is 29.7. The molecule has 0 aromatic carbocycles. The fourth-order valence-corrected chi connectivity index (χ4v) is 14.4. The van der Waals surface area contributed by atoms with Crippen LogP contribution in [0.2, 0.25) is 0 Å². The third kappa shape index (κ3) is 6.03. The van der Waals surface area contributed by atoms with Crippen LogP contribution in [0.15, 0.2) is 0 Å². The minimum absolute atomic E-state index is 0.427. The number of hydrogen-bond acceptors (Lipinski definition) is 4. The maximum Gasteiger partial charge on any atom is 0.0666 e. The van der Waals surface area contributed by atoms with Gasteiger partial charge in [0, 0.05) is 5.92 Å². The van der Waals surface area contributed by atoms with Gasteiger partial charge in [0.05, 0.1) is 30.7 Å². The fourth-order valence-electron chi connectivity index (χ4n) is 14.4. The fraction of sp³-hybridized carbons (Fsp3) is 1.00. The van der Waals surface area contributed by atoms with Crippen molar-refractivity contribution < 1.29 is 4.74 Å². The lowest BCUT2D eigenvalue weighted by Crippen LogP contribution is -2.73. The van der Waals surface area contributed by atoms with E-state index in [9.17, 15) is 0 Å². The van der Waals surface area contributed by atoms with E-state index in [1.54, 1.807) is 12.8 Å². The van der Waals surface area contributed by atoms with Gasteiger partial charge in [-0.1, -0.05) is 96.3 Å². The summed E-state index contributed by atoms with van der Waals surface area (Å²) >= 11 is 0. The highest BCUT2D eigenvalue weighted by molar-refractivity contribution is 5.08.